The van der Waals surface area contributed by atoms with Crippen molar-refractivity contribution in [2.75, 3.05) is 19.7 Å². The van der Waals surface area contributed by atoms with Crippen LogP contribution in [0, 0.1) is 11.6 Å². The van der Waals surface area contributed by atoms with E-state index >= 15 is 0 Å². The number of nitrogens with zero attached hydrogens (tertiary/aromatic N) is 2. The van der Waals surface area contributed by atoms with E-state index in [4.69, 9.17) is 0 Å². The van der Waals surface area contributed by atoms with Gasteiger partial charge in [-0.1, -0.05) is 48.5 Å². The fourth-order valence-corrected chi connectivity index (χ4v) is 5.00. The second kappa shape index (κ2) is 8.41. The fourth-order valence-electron chi connectivity index (χ4n) is 5.00. The molecule has 2 heterocycles. The van der Waals surface area contributed by atoms with Crippen LogP contribution in [0.15, 0.2) is 72.8 Å². The standard InChI is InChI=1S/C26H22F2N2O3/c27-19-11-9-17(10-12-19)16-5-7-18(8-6-16)25-22-13-29(14-24(32)30(22)23(25)15-31)26(33)20-3-1-2-4-21(20)28/h1-12,22-23,25,31H,13-15H2/t22-,23-,25+/m0/s1. The normalized spacial score (nSPS) is 22.0. The number of halogens is 2. The highest BCUT2D eigenvalue weighted by Gasteiger charge is 2.54. The zero-order valence-corrected chi connectivity index (χ0v) is 17.7. The van der Waals surface area contributed by atoms with Gasteiger partial charge in [-0.2, -0.15) is 0 Å². The van der Waals surface area contributed by atoms with Crippen molar-refractivity contribution in [1.82, 2.24) is 9.80 Å². The number of piperazine rings is 1. The molecule has 0 aromatic heterocycles. The van der Waals surface area contributed by atoms with E-state index < -0.39 is 11.7 Å². The monoisotopic (exact) mass is 448 g/mol. The number of hydrogen-bond acceptors (Lipinski definition) is 3. The SMILES string of the molecule is O=C(c1ccccc1F)N1CC(=O)N2[C@@H](CO)[C@H](c3ccc(-c4ccc(F)cc4)cc3)[C@@H]2C1. The summed E-state index contributed by atoms with van der Waals surface area (Å²) in [6.45, 7) is -0.0654. The molecule has 3 atom stereocenters. The largest absolute Gasteiger partial charge is 0.394 e. The maximum atomic E-state index is 14.1. The summed E-state index contributed by atoms with van der Waals surface area (Å²) < 4.78 is 27.4. The van der Waals surface area contributed by atoms with Crippen molar-refractivity contribution in [2.24, 2.45) is 0 Å². The molecule has 0 saturated carbocycles. The van der Waals surface area contributed by atoms with Crippen molar-refractivity contribution in [3.8, 4) is 11.1 Å². The fraction of sp³-hybridized carbons (Fsp3) is 0.231. The molecule has 0 bridgehead atoms. The molecule has 2 amide bonds. The molecule has 33 heavy (non-hydrogen) atoms. The Labute approximate surface area is 189 Å². The molecule has 3 aromatic carbocycles. The van der Waals surface area contributed by atoms with E-state index in [1.165, 1.54) is 35.2 Å². The van der Waals surface area contributed by atoms with E-state index in [1.807, 2.05) is 24.3 Å². The van der Waals surface area contributed by atoms with Crippen molar-refractivity contribution >= 4 is 11.8 Å². The maximum Gasteiger partial charge on any atom is 0.257 e. The number of benzene rings is 3. The van der Waals surface area contributed by atoms with E-state index in [9.17, 15) is 23.5 Å². The predicted molar refractivity (Wildman–Crippen MR) is 118 cm³/mol. The number of aliphatic hydroxyl groups excluding tert-OH is 1. The Morgan fingerprint density at radius 3 is 2.21 bits per heavy atom. The van der Waals surface area contributed by atoms with Gasteiger partial charge in [-0.25, -0.2) is 8.78 Å². The van der Waals surface area contributed by atoms with Crippen LogP contribution in [0.3, 0.4) is 0 Å². The smallest absolute Gasteiger partial charge is 0.257 e. The van der Waals surface area contributed by atoms with Gasteiger partial charge < -0.3 is 14.9 Å². The molecule has 5 nitrogen and oxygen atoms in total. The van der Waals surface area contributed by atoms with E-state index in [0.29, 0.717) is 0 Å². The third kappa shape index (κ3) is 3.68. The van der Waals surface area contributed by atoms with Crippen molar-refractivity contribution in [2.45, 2.75) is 18.0 Å². The first-order valence-corrected chi connectivity index (χ1v) is 10.8. The summed E-state index contributed by atoms with van der Waals surface area (Å²) in [6.07, 6.45) is 0. The predicted octanol–water partition coefficient (Wildman–Crippen LogP) is 3.44. The first kappa shape index (κ1) is 21.3. The van der Waals surface area contributed by atoms with Crippen LogP contribution in [0.4, 0.5) is 8.78 Å². The zero-order chi connectivity index (χ0) is 23.1. The van der Waals surface area contributed by atoms with Crippen LogP contribution < -0.4 is 0 Å². The summed E-state index contributed by atoms with van der Waals surface area (Å²) in [5.41, 5.74) is 2.68. The highest BCUT2D eigenvalue weighted by molar-refractivity contribution is 5.97. The summed E-state index contributed by atoms with van der Waals surface area (Å²) in [7, 11) is 0. The van der Waals surface area contributed by atoms with Crippen LogP contribution in [0.5, 0.6) is 0 Å². The summed E-state index contributed by atoms with van der Waals surface area (Å²) in [4.78, 5) is 28.7. The molecule has 2 saturated heterocycles. The van der Waals surface area contributed by atoms with Crippen LogP contribution >= 0.6 is 0 Å². The van der Waals surface area contributed by atoms with E-state index in [0.717, 1.165) is 16.7 Å². The highest BCUT2D eigenvalue weighted by atomic mass is 19.1. The lowest BCUT2D eigenvalue weighted by Gasteiger charge is -2.58. The van der Waals surface area contributed by atoms with Gasteiger partial charge in [-0.15, -0.1) is 0 Å². The Morgan fingerprint density at radius 2 is 1.58 bits per heavy atom. The minimum absolute atomic E-state index is 0.0583. The number of hydrogen-bond donors (Lipinski definition) is 1. The minimum atomic E-state index is -0.618. The molecule has 2 aliphatic heterocycles. The van der Waals surface area contributed by atoms with Gasteiger partial charge in [0.1, 0.15) is 18.2 Å². The number of rotatable bonds is 4. The molecule has 1 N–H and O–H groups in total. The van der Waals surface area contributed by atoms with Crippen molar-refractivity contribution in [1.29, 1.82) is 0 Å². The summed E-state index contributed by atoms with van der Waals surface area (Å²) in [5, 5.41) is 9.96. The highest BCUT2D eigenvalue weighted by Crippen LogP contribution is 2.43. The van der Waals surface area contributed by atoms with Crippen LogP contribution in [-0.2, 0) is 4.79 Å². The molecular weight excluding hydrogens is 426 g/mol. The molecule has 7 heteroatoms. The molecule has 0 radical (unpaired) electrons. The second-order valence-electron chi connectivity index (χ2n) is 8.44. The minimum Gasteiger partial charge on any atom is -0.394 e. The molecular formula is C26H22F2N2O3. The summed E-state index contributed by atoms with van der Waals surface area (Å²) >= 11 is 0. The quantitative estimate of drug-likeness (QED) is 0.665. The molecule has 0 unspecified atom stereocenters. The van der Waals surface area contributed by atoms with Crippen molar-refractivity contribution in [3.05, 3.63) is 95.6 Å². The van der Waals surface area contributed by atoms with Crippen LogP contribution in [0.25, 0.3) is 11.1 Å². The summed E-state index contributed by atoms with van der Waals surface area (Å²) in [6, 6.07) is 19.0. The lowest BCUT2D eigenvalue weighted by Crippen LogP contribution is -2.73. The first-order chi connectivity index (χ1) is 16.0. The number of aliphatic hydroxyl groups is 1. The Balaban J connectivity index is 1.39. The molecule has 2 fully saturated rings. The molecule has 168 valence electrons. The Morgan fingerprint density at radius 1 is 0.939 bits per heavy atom. The van der Waals surface area contributed by atoms with Gasteiger partial charge >= 0.3 is 0 Å². The maximum absolute atomic E-state index is 14.1. The Bertz CT molecular complexity index is 1200. The van der Waals surface area contributed by atoms with E-state index in [1.54, 1.807) is 23.1 Å². The third-order valence-corrected chi connectivity index (χ3v) is 6.62. The Kier molecular flexibility index (Phi) is 5.42. The van der Waals surface area contributed by atoms with Gasteiger partial charge in [0.2, 0.25) is 5.91 Å². The lowest BCUT2D eigenvalue weighted by atomic mass is 9.73. The average Bonchev–Trinajstić information content (AvgIpc) is 2.81. The van der Waals surface area contributed by atoms with Crippen molar-refractivity contribution < 1.29 is 23.5 Å². The van der Waals surface area contributed by atoms with Gasteiger partial charge in [-0.05, 0) is 41.0 Å². The molecule has 0 aliphatic carbocycles. The Hall–Kier alpha value is -3.58. The summed E-state index contributed by atoms with van der Waals surface area (Å²) in [5.74, 6) is -1.84. The van der Waals surface area contributed by atoms with Crippen molar-refractivity contribution in [3.63, 3.8) is 0 Å². The van der Waals surface area contributed by atoms with Crippen LogP contribution in [0.1, 0.15) is 21.8 Å². The number of carbonyl (C=O) groups excluding carboxylic acids is 2. The molecule has 2 aliphatic rings. The number of carbonyl (C=O) groups is 2. The lowest BCUT2D eigenvalue weighted by molar-refractivity contribution is -0.159. The van der Waals surface area contributed by atoms with Gasteiger partial charge in [0.05, 0.1) is 24.3 Å². The van der Waals surface area contributed by atoms with Gasteiger partial charge in [0, 0.05) is 12.5 Å². The molecule has 0 spiro atoms. The second-order valence-corrected chi connectivity index (χ2v) is 8.44. The molecule has 5 rings (SSSR count). The third-order valence-electron chi connectivity index (χ3n) is 6.62. The van der Waals surface area contributed by atoms with Gasteiger partial charge in [-0.3, -0.25) is 9.59 Å². The van der Waals surface area contributed by atoms with Crippen LogP contribution in [0.2, 0.25) is 0 Å². The van der Waals surface area contributed by atoms with Gasteiger partial charge in [0.25, 0.3) is 5.91 Å². The average molecular weight is 448 g/mol. The van der Waals surface area contributed by atoms with Gasteiger partial charge in [0.15, 0.2) is 0 Å². The first-order valence-electron chi connectivity index (χ1n) is 10.8. The van der Waals surface area contributed by atoms with E-state index in [2.05, 4.69) is 0 Å². The molecule has 3 aromatic rings. The number of fused-ring (bicyclic) bond motifs is 1. The zero-order valence-electron chi connectivity index (χ0n) is 17.7. The van der Waals surface area contributed by atoms with E-state index in [-0.39, 0.29) is 55.0 Å². The topological polar surface area (TPSA) is 60.9 Å². The number of amides is 2. The van der Waals surface area contributed by atoms with Crippen LogP contribution in [-0.4, -0.2) is 58.5 Å².